The first kappa shape index (κ1) is 98.0. The second kappa shape index (κ2) is 45.8. The number of likely N-dealkylation sites (N-methyl/N-ethyl adjacent to an activating group) is 3. The van der Waals surface area contributed by atoms with Gasteiger partial charge in [0.05, 0.1) is 32.5 Å². The fourth-order valence-corrected chi connectivity index (χ4v) is 13.6. The molecule has 2 aliphatic rings. The molecule has 2 aromatic rings. The fraction of sp³-hybridized carbons (Fsp3) is 0.590. The first-order chi connectivity index (χ1) is 54.3. The first-order valence-corrected chi connectivity index (χ1v) is 39.7. The number of carbonyl (C=O) groups is 16. The Labute approximate surface area is 676 Å². The zero-order valence-electron chi connectivity index (χ0n) is 69.2. The minimum Gasteiger partial charge on any atom is -0.458 e. The van der Waals surface area contributed by atoms with Gasteiger partial charge in [0.2, 0.25) is 47.3 Å². The molecule has 0 saturated carbocycles. The van der Waals surface area contributed by atoms with E-state index in [1.807, 2.05) is 0 Å². The molecule has 11 N–H and O–H groups in total. The lowest BCUT2D eigenvalue weighted by Crippen LogP contribution is -2.63. The molecule has 0 radical (unpaired) electrons. The summed E-state index contributed by atoms with van der Waals surface area (Å²) < 4.78 is 48.8. The van der Waals surface area contributed by atoms with E-state index in [4.69, 9.17) is 33.7 Å². The van der Waals surface area contributed by atoms with Crippen molar-refractivity contribution in [3.63, 3.8) is 0 Å². The maximum Gasteiger partial charge on any atom is 0.472 e. The lowest BCUT2D eigenvalue weighted by molar-refractivity contribution is -0.166. The van der Waals surface area contributed by atoms with Gasteiger partial charge >= 0.3 is 25.8 Å². The van der Waals surface area contributed by atoms with Crippen LogP contribution in [0.4, 0.5) is 10.5 Å². The molecule has 0 spiro atoms. The van der Waals surface area contributed by atoms with Gasteiger partial charge in [-0.15, -0.1) is 0 Å². The Balaban J connectivity index is 1.70. The largest absolute Gasteiger partial charge is 0.472 e. The molecule has 38 heteroatoms. The summed E-state index contributed by atoms with van der Waals surface area (Å²) in [6, 6.07) is 0.396. The van der Waals surface area contributed by atoms with Crippen molar-refractivity contribution in [1.82, 2.24) is 56.8 Å². The predicted octanol–water partition coefficient (Wildman–Crippen LogP) is 1.97. The molecule has 15 atom stereocenters. The number of phosphoric ester groups is 1. The highest BCUT2D eigenvalue weighted by molar-refractivity contribution is 7.47. The van der Waals surface area contributed by atoms with Crippen molar-refractivity contribution in [3.8, 4) is 0 Å². The number of benzene rings is 2. The number of ketones is 1. The third-order valence-corrected chi connectivity index (χ3v) is 20.7. The van der Waals surface area contributed by atoms with E-state index in [0.717, 1.165) is 38.7 Å². The van der Waals surface area contributed by atoms with E-state index in [0.29, 0.717) is 5.56 Å². The van der Waals surface area contributed by atoms with E-state index < -0.39 is 229 Å². The minimum atomic E-state index is -5.34. The molecule has 2 heterocycles. The number of rotatable bonds is 35. The quantitative estimate of drug-likeness (QED) is 0.0155. The van der Waals surface area contributed by atoms with Gasteiger partial charge in [0.15, 0.2) is 17.9 Å². The molecule has 1 saturated heterocycles. The normalized spacial score (nSPS) is 21.6. The Morgan fingerprint density at radius 1 is 0.733 bits per heavy atom. The molecule has 14 amide bonds. The molecule has 2 unspecified atom stereocenters. The first-order valence-electron chi connectivity index (χ1n) is 38.3. The van der Waals surface area contributed by atoms with Crippen molar-refractivity contribution in [2.45, 2.75) is 208 Å². The number of primary amides is 1. The molecular weight excluding hydrogens is 1530 g/mol. The molecule has 2 aromatic carbocycles. The van der Waals surface area contributed by atoms with Crippen LogP contribution in [0, 0.1) is 35.5 Å². The van der Waals surface area contributed by atoms with Crippen LogP contribution in [-0.2, 0) is 118 Å². The number of nitrogens with one attached hydrogen (secondary N) is 8. The van der Waals surface area contributed by atoms with Crippen LogP contribution in [0.15, 0.2) is 79.0 Å². The van der Waals surface area contributed by atoms with E-state index in [-0.39, 0.29) is 63.2 Å². The van der Waals surface area contributed by atoms with Gasteiger partial charge in [0, 0.05) is 85.2 Å². The summed E-state index contributed by atoms with van der Waals surface area (Å²) in [4.78, 5) is 237. The van der Waals surface area contributed by atoms with Crippen molar-refractivity contribution in [3.05, 3.63) is 90.2 Å². The minimum absolute atomic E-state index is 0.00886. The van der Waals surface area contributed by atoms with Crippen LogP contribution in [0.3, 0.4) is 0 Å². The highest BCUT2D eigenvalue weighted by Gasteiger charge is 2.48. The van der Waals surface area contributed by atoms with E-state index in [2.05, 4.69) is 49.1 Å². The van der Waals surface area contributed by atoms with Gasteiger partial charge in [-0.1, -0.05) is 118 Å². The van der Waals surface area contributed by atoms with Gasteiger partial charge in [-0.25, -0.2) is 18.9 Å². The smallest absolute Gasteiger partial charge is 0.458 e. The summed E-state index contributed by atoms with van der Waals surface area (Å²) in [6.07, 6.45) is -5.43. The number of Topliss-reactive ketones (excluding diaryl/α,β-unsaturated/α-hetero) is 1. The number of hydrogen-bond donors (Lipinski definition) is 10. The maximum atomic E-state index is 15.7. The van der Waals surface area contributed by atoms with Crippen molar-refractivity contribution in [2.24, 2.45) is 41.2 Å². The van der Waals surface area contributed by atoms with E-state index in [1.165, 1.54) is 108 Å². The van der Waals surface area contributed by atoms with Gasteiger partial charge in [0.25, 0.3) is 23.6 Å². The second-order valence-corrected chi connectivity index (χ2v) is 31.4. The number of anilines is 1. The summed E-state index contributed by atoms with van der Waals surface area (Å²) in [5.41, 5.74) is 5.66. The zero-order chi connectivity index (χ0) is 87.5. The monoisotopic (exact) mass is 1650 g/mol. The Hall–Kier alpha value is -10.3. The third-order valence-electron chi connectivity index (χ3n) is 19.8. The molecule has 0 aliphatic carbocycles. The molecule has 37 nitrogen and oxygen atoms in total. The number of imide groups is 1. The lowest BCUT2D eigenvalue weighted by Gasteiger charge is -2.39. The SMILES string of the molecule is C=C1C(=O)N[C@@H](C)C(=O)N(C)[C@@H](C)C(=O)N[C@@H]([C@H](OC(=O)[C@@H](NC(=O)CC)[C@H](OP(=O)(O)OCc2ccc(NC(=O)[C@@H](NC(=O)[C@@H](NC(=O)CCOCCN3C(=O)C=CC3=O)C(C)C)C(C)CCNC(N)=O)cc2)C(C)C)C(C)C)C(=O)N(C)[C@@H]([C@@H](C)OC)C(=O)C[C@H](C(C)C)[C@H](NC(C)=O)C(=O)O[C@H](Cc2ccccc2)C(=O)N1C. The lowest BCUT2D eigenvalue weighted by atomic mass is 9.82. The number of hydrogen-bond acceptors (Lipinski definition) is 23. The van der Waals surface area contributed by atoms with Gasteiger partial charge in [0.1, 0.15) is 60.2 Å². The van der Waals surface area contributed by atoms with Crippen molar-refractivity contribution >= 4 is 108 Å². The van der Waals surface area contributed by atoms with Crippen LogP contribution >= 0.6 is 7.82 Å². The van der Waals surface area contributed by atoms with Crippen LogP contribution in [0.2, 0.25) is 0 Å². The number of phosphoric acid groups is 1. The molecular formula is C78H116N13O24P. The average Bonchev–Trinajstić information content (AvgIpc) is 0.948. The highest BCUT2D eigenvalue weighted by Crippen LogP contribution is 2.47. The van der Waals surface area contributed by atoms with Crippen molar-refractivity contribution in [1.29, 1.82) is 0 Å². The third kappa shape index (κ3) is 29.1. The number of carbonyl (C=O) groups excluding carboxylic acids is 16. The van der Waals surface area contributed by atoms with Crippen molar-refractivity contribution < 1.29 is 114 Å². The van der Waals surface area contributed by atoms with Crippen LogP contribution in [0.1, 0.15) is 134 Å². The topological polar surface area (TPSA) is 501 Å². The molecule has 4 rings (SSSR count). The van der Waals surface area contributed by atoms with Gasteiger partial charge in [-0.2, -0.15) is 0 Å². The summed E-state index contributed by atoms with van der Waals surface area (Å²) in [5.74, 6) is -17.9. The molecule has 1 fully saturated rings. The van der Waals surface area contributed by atoms with E-state index >= 15 is 14.4 Å². The molecule has 2 aliphatic heterocycles. The number of ether oxygens (including phenoxy) is 4. The summed E-state index contributed by atoms with van der Waals surface area (Å²) in [7, 11) is -0.515. The number of nitrogens with zero attached hydrogens (tertiary/aromatic N) is 4. The molecule has 0 aromatic heterocycles. The molecule has 642 valence electrons. The van der Waals surface area contributed by atoms with Crippen LogP contribution < -0.4 is 48.3 Å². The van der Waals surface area contributed by atoms with Crippen molar-refractivity contribution in [2.75, 3.05) is 59.9 Å². The number of amides is 14. The Kier molecular flexibility index (Phi) is 38.7. The van der Waals surface area contributed by atoms with Gasteiger partial charge in [-0.05, 0) is 86.0 Å². The summed E-state index contributed by atoms with van der Waals surface area (Å²) >= 11 is 0. The predicted molar refractivity (Wildman–Crippen MR) is 420 cm³/mol. The number of cyclic esters (lactones) is 1. The number of nitrogens with two attached hydrogens (primary N) is 1. The Morgan fingerprint density at radius 2 is 1.34 bits per heavy atom. The van der Waals surface area contributed by atoms with E-state index in [9.17, 15) is 71.8 Å². The standard InChI is InChI=1S/C78H116N13O24P/c1-20-57(94)84-65(68(44(8)9)115-116(108,109)112-40-52-26-28-53(29-27-52)83-72(101)62(45(10)32-34-80-78(79)107)86-71(100)61(42(4)5)85-58(95)33-36-111-37-35-91-59(96)30-31-60(91)97)77(106)114-67(43(6)7)64-75(104)90(18)66(49(14)110-19)55(93)39-54(41(2)3)63(82-50(15)92)76(105)113-56(38-51-24-22-21-23-25-51)74(103)89(17)47(12)69(98)81-46(11)73(102)88(16)48(13)70(99)87-64/h21-31,41-46,48-49,54,56,61-68H,12,20,32-40H2,1-11,13-19H3,(H,81,98)(H,82,92)(H,83,101)(H,84,94)(H,85,95)(H,86,100)(H,87,99)(H,108,109)(H3,79,80,107)/t45?,46-,48-,49+,54+,56+,61-,62-,63-,64-,65-,66-,67+,68+/m0/s1. The van der Waals surface area contributed by atoms with Crippen LogP contribution in [-0.4, -0.2) is 246 Å². The molecule has 116 heavy (non-hydrogen) atoms. The van der Waals surface area contributed by atoms with Crippen LogP contribution in [0.25, 0.3) is 0 Å². The average molecular weight is 1650 g/mol. The molecule has 0 bridgehead atoms. The second-order valence-electron chi connectivity index (χ2n) is 30.0. The maximum absolute atomic E-state index is 15.7. The zero-order valence-corrected chi connectivity index (χ0v) is 70.1. The van der Waals surface area contributed by atoms with Gasteiger partial charge in [-0.3, -0.25) is 76.3 Å². The Bertz CT molecular complexity index is 3920. The highest BCUT2D eigenvalue weighted by atomic mass is 31.2. The fourth-order valence-electron chi connectivity index (χ4n) is 12.5. The summed E-state index contributed by atoms with van der Waals surface area (Å²) in [6.45, 7) is 23.7. The Morgan fingerprint density at radius 3 is 1.90 bits per heavy atom. The van der Waals surface area contributed by atoms with E-state index in [1.54, 1.807) is 65.0 Å². The number of esters is 2. The van der Waals surface area contributed by atoms with Gasteiger partial charge < -0.3 is 86.8 Å². The number of urea groups is 1. The van der Waals surface area contributed by atoms with Crippen LogP contribution in [0.5, 0.6) is 0 Å². The number of methoxy groups -OCH3 is 1. The summed E-state index contributed by atoms with van der Waals surface area (Å²) in [5, 5.41) is 20.7.